The van der Waals surface area contributed by atoms with E-state index in [0.717, 1.165) is 22.3 Å². The van der Waals surface area contributed by atoms with E-state index in [1.807, 2.05) is 63.2 Å². The van der Waals surface area contributed by atoms with Crippen LogP contribution in [0.3, 0.4) is 0 Å². The number of methoxy groups -OCH3 is 1. The van der Waals surface area contributed by atoms with Crippen molar-refractivity contribution in [1.29, 1.82) is 0 Å². The van der Waals surface area contributed by atoms with Crippen LogP contribution in [-0.4, -0.2) is 27.4 Å². The largest absolute Gasteiger partial charge is 0.495 e. The van der Waals surface area contributed by atoms with E-state index in [2.05, 4.69) is 5.32 Å². The molecule has 4 aromatic rings. The fourth-order valence-electron chi connectivity index (χ4n) is 4.13. The van der Waals surface area contributed by atoms with Crippen LogP contribution in [0.4, 0.5) is 5.69 Å². The molecule has 7 nitrogen and oxygen atoms in total. The molecule has 0 radical (unpaired) electrons. The van der Waals surface area contributed by atoms with Gasteiger partial charge in [0.25, 0.3) is 5.56 Å². The molecule has 0 aliphatic rings. The third kappa shape index (κ3) is 3.66. The molecule has 4 rings (SSSR count). The minimum atomic E-state index is -0.728. The molecule has 7 heteroatoms. The second kappa shape index (κ2) is 8.70. The number of carbonyl (C=O) groups is 1. The number of fused-ring (bicyclic) bond motifs is 1. The number of hydrogen-bond donors (Lipinski definition) is 1. The predicted octanol–water partition coefficient (Wildman–Crippen LogP) is 4.40. The van der Waals surface area contributed by atoms with Crippen molar-refractivity contribution in [1.82, 2.24) is 14.3 Å². The van der Waals surface area contributed by atoms with E-state index in [4.69, 9.17) is 9.84 Å². The van der Waals surface area contributed by atoms with Crippen molar-refractivity contribution in [3.05, 3.63) is 82.3 Å². The van der Waals surface area contributed by atoms with Crippen molar-refractivity contribution in [3.8, 4) is 11.4 Å². The number of para-hydroxylation sites is 3. The van der Waals surface area contributed by atoms with Crippen LogP contribution < -0.4 is 15.6 Å². The Kier molecular flexibility index (Phi) is 5.81. The summed E-state index contributed by atoms with van der Waals surface area (Å²) in [5.41, 5.74) is 3.39. The lowest BCUT2D eigenvalue weighted by Gasteiger charge is -2.21. The molecule has 1 unspecified atom stereocenters. The molecule has 2 aromatic carbocycles. The summed E-state index contributed by atoms with van der Waals surface area (Å²) in [4.78, 5) is 26.6. The lowest BCUT2D eigenvalue weighted by atomic mass is 10.1. The van der Waals surface area contributed by atoms with Crippen LogP contribution >= 0.6 is 0 Å². The van der Waals surface area contributed by atoms with Crippen molar-refractivity contribution in [2.75, 3.05) is 12.4 Å². The Balaban J connectivity index is 1.90. The summed E-state index contributed by atoms with van der Waals surface area (Å²) in [5, 5.41) is 8.52. The van der Waals surface area contributed by atoms with Crippen LogP contribution in [0, 0.1) is 13.8 Å². The third-order valence-electron chi connectivity index (χ3n) is 5.60. The van der Waals surface area contributed by atoms with Gasteiger partial charge >= 0.3 is 0 Å². The number of nitrogens with one attached hydrogen (secondary N) is 1. The topological polar surface area (TPSA) is 78.2 Å². The Morgan fingerprint density at radius 2 is 1.78 bits per heavy atom. The maximum atomic E-state index is 13.4. The lowest BCUT2D eigenvalue weighted by Crippen LogP contribution is -2.34. The summed E-state index contributed by atoms with van der Waals surface area (Å²) in [5.74, 6) is 0.269. The van der Waals surface area contributed by atoms with Gasteiger partial charge in [0.15, 0.2) is 0 Å². The first kappa shape index (κ1) is 21.4. The molecule has 2 heterocycles. The van der Waals surface area contributed by atoms with Crippen molar-refractivity contribution in [2.24, 2.45) is 0 Å². The van der Waals surface area contributed by atoms with Gasteiger partial charge in [0.2, 0.25) is 5.91 Å². The number of aromatic nitrogens is 3. The Hall–Kier alpha value is -3.87. The monoisotopic (exact) mass is 430 g/mol. The standard InChI is InChI=1S/C25H26N4O3/c1-5-20(24(31)26-19-13-9-10-14-21(19)32-4)28-22(30)15-16(2)23-17(3)27-29(25(23)28)18-11-7-6-8-12-18/h6-15,20H,5H2,1-4H3,(H,26,31). The van der Waals surface area contributed by atoms with Gasteiger partial charge in [0.1, 0.15) is 17.4 Å². The summed E-state index contributed by atoms with van der Waals surface area (Å²) in [6.45, 7) is 5.70. The third-order valence-corrected chi connectivity index (χ3v) is 5.60. The van der Waals surface area contributed by atoms with E-state index < -0.39 is 6.04 Å². The normalized spacial score (nSPS) is 12.0. The predicted molar refractivity (Wildman–Crippen MR) is 126 cm³/mol. The first-order chi connectivity index (χ1) is 15.5. The van der Waals surface area contributed by atoms with E-state index in [1.165, 1.54) is 0 Å². The van der Waals surface area contributed by atoms with E-state index in [9.17, 15) is 9.59 Å². The van der Waals surface area contributed by atoms with Crippen LogP contribution in [0.1, 0.15) is 30.6 Å². The van der Waals surface area contributed by atoms with Crippen LogP contribution in [0.25, 0.3) is 16.7 Å². The highest BCUT2D eigenvalue weighted by molar-refractivity contribution is 5.96. The number of rotatable bonds is 6. The molecule has 0 fully saturated rings. The average molecular weight is 431 g/mol. The van der Waals surface area contributed by atoms with Crippen LogP contribution in [0.2, 0.25) is 0 Å². The average Bonchev–Trinajstić information content (AvgIpc) is 3.14. The van der Waals surface area contributed by atoms with E-state index in [-0.39, 0.29) is 11.5 Å². The molecular weight excluding hydrogens is 404 g/mol. The van der Waals surface area contributed by atoms with Crippen LogP contribution in [-0.2, 0) is 4.79 Å². The Morgan fingerprint density at radius 3 is 2.47 bits per heavy atom. The first-order valence-corrected chi connectivity index (χ1v) is 10.6. The zero-order valence-corrected chi connectivity index (χ0v) is 18.6. The van der Waals surface area contributed by atoms with E-state index >= 15 is 0 Å². The number of amides is 1. The summed E-state index contributed by atoms with van der Waals surface area (Å²) < 4.78 is 8.66. The lowest BCUT2D eigenvalue weighted by molar-refractivity contribution is -0.119. The molecule has 0 aliphatic carbocycles. The number of aryl methyl sites for hydroxylation is 2. The molecule has 1 atom stereocenters. The van der Waals surface area contributed by atoms with E-state index in [0.29, 0.717) is 23.5 Å². The van der Waals surface area contributed by atoms with Crippen molar-refractivity contribution < 1.29 is 9.53 Å². The molecule has 164 valence electrons. The van der Waals surface area contributed by atoms with Gasteiger partial charge in [-0.2, -0.15) is 5.10 Å². The number of hydrogen-bond acceptors (Lipinski definition) is 4. The van der Waals surface area contributed by atoms with Gasteiger partial charge in [-0.15, -0.1) is 0 Å². The highest BCUT2D eigenvalue weighted by atomic mass is 16.5. The molecule has 1 N–H and O–H groups in total. The quantitative estimate of drug-likeness (QED) is 0.492. The molecule has 32 heavy (non-hydrogen) atoms. The molecule has 0 saturated carbocycles. The van der Waals surface area contributed by atoms with Gasteiger partial charge in [0, 0.05) is 11.5 Å². The summed E-state index contributed by atoms with van der Waals surface area (Å²) in [6.07, 6.45) is 0.429. The Morgan fingerprint density at radius 1 is 1.09 bits per heavy atom. The molecule has 0 bridgehead atoms. The molecule has 1 amide bonds. The zero-order chi connectivity index (χ0) is 22.8. The number of anilines is 1. The fourth-order valence-corrected chi connectivity index (χ4v) is 4.13. The smallest absolute Gasteiger partial charge is 0.253 e. The van der Waals surface area contributed by atoms with Gasteiger partial charge in [-0.3, -0.25) is 14.2 Å². The second-order valence-electron chi connectivity index (χ2n) is 7.68. The van der Waals surface area contributed by atoms with Crippen molar-refractivity contribution in [2.45, 2.75) is 33.2 Å². The van der Waals surface area contributed by atoms with Crippen molar-refractivity contribution in [3.63, 3.8) is 0 Å². The minimum absolute atomic E-state index is 0.242. The molecule has 0 saturated heterocycles. The van der Waals surface area contributed by atoms with Gasteiger partial charge < -0.3 is 10.1 Å². The molecule has 0 spiro atoms. The number of ether oxygens (including phenoxy) is 1. The van der Waals surface area contributed by atoms with Crippen LogP contribution in [0.5, 0.6) is 5.75 Å². The maximum absolute atomic E-state index is 13.4. The van der Waals surface area contributed by atoms with Gasteiger partial charge in [0.05, 0.1) is 24.2 Å². The molecular formula is C25H26N4O3. The van der Waals surface area contributed by atoms with Gasteiger partial charge in [-0.05, 0) is 50.1 Å². The van der Waals surface area contributed by atoms with Crippen LogP contribution in [0.15, 0.2) is 65.5 Å². The molecule has 2 aromatic heterocycles. The minimum Gasteiger partial charge on any atom is -0.495 e. The summed E-state index contributed by atoms with van der Waals surface area (Å²) in [6, 6.07) is 17.7. The SMILES string of the molecule is CCC(C(=O)Nc1ccccc1OC)n1c(=O)cc(C)c2c(C)nn(-c3ccccc3)c21. The fraction of sp³-hybridized carbons (Fsp3) is 0.240. The highest BCUT2D eigenvalue weighted by Gasteiger charge is 2.26. The number of benzene rings is 2. The maximum Gasteiger partial charge on any atom is 0.253 e. The first-order valence-electron chi connectivity index (χ1n) is 10.6. The van der Waals surface area contributed by atoms with Crippen molar-refractivity contribution >= 4 is 22.6 Å². The van der Waals surface area contributed by atoms with Gasteiger partial charge in [-0.1, -0.05) is 37.3 Å². The Labute approximate surface area is 186 Å². The Bertz CT molecular complexity index is 1340. The second-order valence-corrected chi connectivity index (χ2v) is 7.68. The number of carbonyl (C=O) groups excluding carboxylic acids is 1. The highest BCUT2D eigenvalue weighted by Crippen LogP contribution is 2.29. The summed E-state index contributed by atoms with van der Waals surface area (Å²) in [7, 11) is 1.55. The number of pyridine rings is 1. The summed E-state index contributed by atoms with van der Waals surface area (Å²) >= 11 is 0. The molecule has 0 aliphatic heterocycles. The van der Waals surface area contributed by atoms with Gasteiger partial charge in [-0.25, -0.2) is 4.68 Å². The van der Waals surface area contributed by atoms with E-state index in [1.54, 1.807) is 34.6 Å². The number of nitrogens with zero attached hydrogens (tertiary/aromatic N) is 3. The zero-order valence-electron chi connectivity index (χ0n) is 18.6.